The molecule has 11 heteroatoms. The Morgan fingerprint density at radius 1 is 1.10 bits per heavy atom. The third kappa shape index (κ3) is 5.71. The molecule has 0 unspecified atom stereocenters. The summed E-state index contributed by atoms with van der Waals surface area (Å²) < 4.78 is 28.0. The molecule has 2 heterocycles. The van der Waals surface area contributed by atoms with Gasteiger partial charge in [-0.25, -0.2) is 8.42 Å². The van der Waals surface area contributed by atoms with Crippen LogP contribution in [0.1, 0.15) is 38.5 Å². The highest BCUT2D eigenvalue weighted by molar-refractivity contribution is 8.01. The Balaban J connectivity index is 1.29. The zero-order valence-electron chi connectivity index (χ0n) is 16.5. The van der Waals surface area contributed by atoms with E-state index in [4.69, 9.17) is 0 Å². The van der Waals surface area contributed by atoms with Gasteiger partial charge in [0.25, 0.3) is 0 Å². The number of amides is 1. The predicted octanol–water partition coefficient (Wildman–Crippen LogP) is 3.41. The van der Waals surface area contributed by atoms with Gasteiger partial charge in [0.2, 0.25) is 21.1 Å². The summed E-state index contributed by atoms with van der Waals surface area (Å²) in [5.74, 6) is 0.0429. The fourth-order valence-corrected chi connectivity index (χ4v) is 6.34. The van der Waals surface area contributed by atoms with Crippen molar-refractivity contribution in [2.24, 2.45) is 0 Å². The van der Waals surface area contributed by atoms with E-state index in [1.807, 2.05) is 0 Å². The van der Waals surface area contributed by atoms with Crippen molar-refractivity contribution in [2.75, 3.05) is 29.5 Å². The van der Waals surface area contributed by atoms with Gasteiger partial charge in [0.05, 0.1) is 10.6 Å². The van der Waals surface area contributed by atoms with Crippen LogP contribution in [0.15, 0.2) is 33.5 Å². The van der Waals surface area contributed by atoms with Crippen LogP contribution in [-0.4, -0.2) is 53.7 Å². The minimum atomic E-state index is -3.48. The van der Waals surface area contributed by atoms with Crippen LogP contribution in [0.25, 0.3) is 0 Å². The zero-order chi connectivity index (χ0) is 21.0. The van der Waals surface area contributed by atoms with Gasteiger partial charge in [0, 0.05) is 24.8 Å². The number of sulfonamides is 1. The first-order chi connectivity index (χ1) is 14.5. The predicted molar refractivity (Wildman–Crippen MR) is 120 cm³/mol. The monoisotopic (exact) mass is 467 g/mol. The van der Waals surface area contributed by atoms with E-state index >= 15 is 0 Å². The Morgan fingerprint density at radius 3 is 2.47 bits per heavy atom. The molecule has 0 atom stereocenters. The lowest BCUT2D eigenvalue weighted by atomic mass is 10.2. The fourth-order valence-electron chi connectivity index (χ4n) is 3.19. The summed E-state index contributed by atoms with van der Waals surface area (Å²) in [5.41, 5.74) is 0.573. The zero-order valence-corrected chi connectivity index (χ0v) is 19.0. The molecular formula is C19H25N5O3S3. The van der Waals surface area contributed by atoms with Gasteiger partial charge in [-0.15, -0.1) is 10.2 Å². The summed E-state index contributed by atoms with van der Waals surface area (Å²) in [5, 5.41) is 15.0. The van der Waals surface area contributed by atoms with Crippen LogP contribution in [0.2, 0.25) is 0 Å². The van der Waals surface area contributed by atoms with Crippen molar-refractivity contribution in [1.82, 2.24) is 14.5 Å². The van der Waals surface area contributed by atoms with Gasteiger partial charge >= 0.3 is 0 Å². The molecule has 0 radical (unpaired) electrons. The van der Waals surface area contributed by atoms with Gasteiger partial charge in [-0.05, 0) is 49.9 Å². The molecule has 1 saturated heterocycles. The van der Waals surface area contributed by atoms with Crippen molar-refractivity contribution >= 4 is 49.8 Å². The Labute approximate surface area is 184 Å². The van der Waals surface area contributed by atoms with Crippen molar-refractivity contribution in [1.29, 1.82) is 0 Å². The standard InChI is InChI=1S/C19H25N5O3S3/c25-17(13-28-19-23-22-18(29-19)21-15-5-6-15)20-14-7-9-16(10-8-14)30(26,27)24-11-3-1-2-4-12-24/h7-10,15H,1-6,11-13H2,(H,20,25)(H,21,22). The van der Waals surface area contributed by atoms with E-state index in [9.17, 15) is 13.2 Å². The number of nitrogens with zero attached hydrogens (tertiary/aromatic N) is 3. The average Bonchev–Trinajstić information content (AvgIpc) is 3.49. The number of nitrogens with one attached hydrogen (secondary N) is 2. The molecule has 4 rings (SSSR count). The van der Waals surface area contributed by atoms with Crippen LogP contribution in [0.3, 0.4) is 0 Å². The molecule has 162 valence electrons. The second-order valence-electron chi connectivity index (χ2n) is 7.47. The van der Waals surface area contributed by atoms with Gasteiger partial charge in [-0.2, -0.15) is 4.31 Å². The topological polar surface area (TPSA) is 104 Å². The van der Waals surface area contributed by atoms with Crippen molar-refractivity contribution in [3.63, 3.8) is 0 Å². The molecule has 0 spiro atoms. The van der Waals surface area contributed by atoms with Gasteiger partial charge in [0.15, 0.2) is 4.34 Å². The summed E-state index contributed by atoms with van der Waals surface area (Å²) in [6.07, 6.45) is 6.29. The number of hydrogen-bond donors (Lipinski definition) is 2. The molecule has 1 saturated carbocycles. The number of benzene rings is 1. The van der Waals surface area contributed by atoms with Crippen molar-refractivity contribution < 1.29 is 13.2 Å². The molecule has 2 N–H and O–H groups in total. The van der Waals surface area contributed by atoms with Crippen molar-refractivity contribution in [3.05, 3.63) is 24.3 Å². The molecule has 30 heavy (non-hydrogen) atoms. The van der Waals surface area contributed by atoms with Crippen LogP contribution in [0.5, 0.6) is 0 Å². The smallest absolute Gasteiger partial charge is 0.243 e. The van der Waals surface area contributed by atoms with Crippen LogP contribution in [0.4, 0.5) is 10.8 Å². The highest BCUT2D eigenvalue weighted by atomic mass is 32.2. The van der Waals surface area contributed by atoms with Gasteiger partial charge < -0.3 is 10.6 Å². The molecule has 1 aromatic carbocycles. The van der Waals surface area contributed by atoms with E-state index in [2.05, 4.69) is 20.8 Å². The maximum absolute atomic E-state index is 12.8. The highest BCUT2D eigenvalue weighted by Crippen LogP contribution is 2.30. The lowest BCUT2D eigenvalue weighted by Crippen LogP contribution is -2.31. The largest absolute Gasteiger partial charge is 0.357 e. The molecular weight excluding hydrogens is 442 g/mol. The lowest BCUT2D eigenvalue weighted by Gasteiger charge is -2.20. The second-order valence-corrected chi connectivity index (χ2v) is 11.6. The third-order valence-electron chi connectivity index (χ3n) is 4.98. The number of carbonyl (C=O) groups is 1. The van der Waals surface area contributed by atoms with E-state index < -0.39 is 10.0 Å². The third-order valence-corrected chi connectivity index (χ3v) is 8.88. The second kappa shape index (κ2) is 9.63. The van der Waals surface area contributed by atoms with E-state index in [0.717, 1.165) is 35.2 Å². The highest BCUT2D eigenvalue weighted by Gasteiger charge is 2.25. The summed E-state index contributed by atoms with van der Waals surface area (Å²) in [7, 11) is -3.48. The molecule has 1 amide bonds. The Bertz CT molecular complexity index is 966. The van der Waals surface area contributed by atoms with Crippen molar-refractivity contribution in [3.8, 4) is 0 Å². The molecule has 8 nitrogen and oxygen atoms in total. The molecule has 1 aliphatic heterocycles. The molecule has 1 aromatic heterocycles. The molecule has 2 aromatic rings. The van der Waals surface area contributed by atoms with Gasteiger partial charge in [-0.3, -0.25) is 4.79 Å². The first-order valence-corrected chi connectivity index (χ1v) is 13.4. The van der Waals surface area contributed by atoms with Crippen molar-refractivity contribution in [2.45, 2.75) is 53.8 Å². The number of carbonyl (C=O) groups excluding carboxylic acids is 1. The molecule has 2 fully saturated rings. The van der Waals surface area contributed by atoms with Gasteiger partial charge in [0.1, 0.15) is 0 Å². The van der Waals surface area contributed by atoms with Crippen LogP contribution >= 0.6 is 23.1 Å². The fraction of sp³-hybridized carbons (Fsp3) is 0.526. The van der Waals surface area contributed by atoms with Crippen LogP contribution in [-0.2, 0) is 14.8 Å². The maximum Gasteiger partial charge on any atom is 0.243 e. The Hall–Kier alpha value is -1.69. The van der Waals surface area contributed by atoms with E-state index in [-0.39, 0.29) is 16.6 Å². The van der Waals surface area contributed by atoms with E-state index in [1.165, 1.54) is 35.9 Å². The minimum absolute atomic E-state index is 0.171. The number of aromatic nitrogens is 2. The first kappa shape index (κ1) is 21.5. The average molecular weight is 468 g/mol. The number of hydrogen-bond acceptors (Lipinski definition) is 8. The quantitative estimate of drug-likeness (QED) is 0.573. The first-order valence-electron chi connectivity index (χ1n) is 10.1. The molecule has 1 aliphatic carbocycles. The summed E-state index contributed by atoms with van der Waals surface area (Å²) >= 11 is 2.78. The summed E-state index contributed by atoms with van der Waals surface area (Å²) in [4.78, 5) is 12.5. The van der Waals surface area contributed by atoms with Crippen LogP contribution in [0, 0.1) is 0 Å². The van der Waals surface area contributed by atoms with Crippen LogP contribution < -0.4 is 10.6 Å². The Kier molecular flexibility index (Phi) is 6.91. The number of anilines is 2. The minimum Gasteiger partial charge on any atom is -0.357 e. The normalized spacial score (nSPS) is 18.0. The lowest BCUT2D eigenvalue weighted by molar-refractivity contribution is -0.113. The maximum atomic E-state index is 12.8. The summed E-state index contributed by atoms with van der Waals surface area (Å²) in [6, 6.07) is 6.91. The van der Waals surface area contributed by atoms with E-state index in [0.29, 0.717) is 24.8 Å². The Morgan fingerprint density at radius 2 is 1.80 bits per heavy atom. The summed E-state index contributed by atoms with van der Waals surface area (Å²) in [6.45, 7) is 1.14. The molecule has 2 aliphatic rings. The van der Waals surface area contributed by atoms with E-state index in [1.54, 1.807) is 28.6 Å². The van der Waals surface area contributed by atoms with Gasteiger partial charge in [-0.1, -0.05) is 35.9 Å². The molecule has 0 bridgehead atoms. The number of thioether (sulfide) groups is 1. The SMILES string of the molecule is O=C(CSc1nnc(NC2CC2)s1)Nc1ccc(S(=O)(=O)N2CCCCCC2)cc1. The number of rotatable bonds is 8.